The van der Waals surface area contributed by atoms with E-state index in [2.05, 4.69) is 43.3 Å². The minimum absolute atomic E-state index is 0.0323. The van der Waals surface area contributed by atoms with E-state index in [-0.39, 0.29) is 11.1 Å². The number of rotatable bonds is 5. The number of benzene rings is 1. The molecule has 0 heterocycles. The molecule has 94 valence electrons. The third kappa shape index (κ3) is 3.97. The average molecular weight is 252 g/mol. The minimum Gasteiger partial charge on any atom is -0.409 e. The van der Waals surface area contributed by atoms with Gasteiger partial charge in [-0.15, -0.1) is 11.8 Å². The van der Waals surface area contributed by atoms with Crippen LogP contribution < -0.4 is 5.73 Å². The summed E-state index contributed by atoms with van der Waals surface area (Å²) in [6.45, 7) is 6.37. The van der Waals surface area contributed by atoms with Gasteiger partial charge in [-0.3, -0.25) is 0 Å². The number of nitrogens with two attached hydrogens (primary N) is 1. The Morgan fingerprint density at radius 1 is 1.35 bits per heavy atom. The largest absolute Gasteiger partial charge is 0.409 e. The van der Waals surface area contributed by atoms with Crippen molar-refractivity contribution in [1.29, 1.82) is 0 Å². The van der Waals surface area contributed by atoms with Crippen molar-refractivity contribution in [2.45, 2.75) is 43.3 Å². The molecule has 0 amide bonds. The quantitative estimate of drug-likeness (QED) is 0.277. The second-order valence-corrected chi connectivity index (χ2v) is 5.54. The van der Waals surface area contributed by atoms with Gasteiger partial charge in [0.1, 0.15) is 0 Å². The maximum Gasteiger partial charge on any atom is 0.152 e. The van der Waals surface area contributed by atoms with Crippen LogP contribution in [0.3, 0.4) is 0 Å². The smallest absolute Gasteiger partial charge is 0.152 e. The number of oxime groups is 1. The number of hydrogen-bond acceptors (Lipinski definition) is 3. The predicted molar refractivity (Wildman–Crippen MR) is 73.9 cm³/mol. The highest BCUT2D eigenvalue weighted by Gasteiger charge is 2.13. The van der Waals surface area contributed by atoms with E-state index >= 15 is 0 Å². The molecule has 0 aromatic heterocycles. The van der Waals surface area contributed by atoms with Gasteiger partial charge >= 0.3 is 0 Å². The standard InChI is InChI=1S/C13H20N2OS/c1-4-12(13(14)15-16)17-11-7-5-10(6-8-11)9(2)3/h5-9,12,16H,4H2,1-3H3,(H2,14,15). The van der Waals surface area contributed by atoms with Crippen LogP contribution in [0, 0.1) is 0 Å². The van der Waals surface area contributed by atoms with E-state index in [9.17, 15) is 0 Å². The first-order valence-electron chi connectivity index (χ1n) is 5.82. The molecule has 0 aliphatic heterocycles. The summed E-state index contributed by atoms with van der Waals surface area (Å²) in [5.74, 6) is 0.825. The van der Waals surface area contributed by atoms with Crippen LogP contribution in [-0.4, -0.2) is 16.3 Å². The summed E-state index contributed by atoms with van der Waals surface area (Å²) in [6.07, 6.45) is 0.840. The van der Waals surface area contributed by atoms with Gasteiger partial charge in [-0.25, -0.2) is 0 Å². The van der Waals surface area contributed by atoms with Crippen molar-refractivity contribution < 1.29 is 5.21 Å². The zero-order valence-corrected chi connectivity index (χ0v) is 11.4. The summed E-state index contributed by atoms with van der Waals surface area (Å²) in [6, 6.07) is 8.44. The highest BCUT2D eigenvalue weighted by Crippen LogP contribution is 2.27. The molecule has 1 rings (SSSR count). The Hall–Kier alpha value is -1.16. The Morgan fingerprint density at radius 3 is 2.35 bits per heavy atom. The van der Waals surface area contributed by atoms with E-state index in [4.69, 9.17) is 10.9 Å². The van der Waals surface area contributed by atoms with Crippen LogP contribution in [-0.2, 0) is 0 Å². The lowest BCUT2D eigenvalue weighted by Gasteiger charge is -2.13. The first-order valence-corrected chi connectivity index (χ1v) is 6.70. The molecule has 1 unspecified atom stereocenters. The molecule has 4 heteroatoms. The Balaban J connectivity index is 2.74. The molecule has 3 nitrogen and oxygen atoms in total. The Bertz CT molecular complexity index is 374. The normalized spacial score (nSPS) is 14.0. The van der Waals surface area contributed by atoms with Gasteiger partial charge in [0.2, 0.25) is 0 Å². The lowest BCUT2D eigenvalue weighted by molar-refractivity contribution is 0.317. The summed E-state index contributed by atoms with van der Waals surface area (Å²) < 4.78 is 0. The zero-order chi connectivity index (χ0) is 12.8. The molecule has 1 aromatic rings. The third-order valence-corrected chi connectivity index (χ3v) is 4.04. The van der Waals surface area contributed by atoms with Gasteiger partial charge < -0.3 is 10.9 Å². The topological polar surface area (TPSA) is 58.6 Å². The molecule has 0 saturated heterocycles. The molecule has 0 aliphatic rings. The van der Waals surface area contributed by atoms with E-state index < -0.39 is 0 Å². The average Bonchev–Trinajstić information content (AvgIpc) is 2.35. The van der Waals surface area contributed by atoms with Crippen LogP contribution in [0.1, 0.15) is 38.7 Å². The number of thioether (sulfide) groups is 1. The highest BCUT2D eigenvalue weighted by molar-refractivity contribution is 8.00. The molecule has 3 N–H and O–H groups in total. The van der Waals surface area contributed by atoms with E-state index in [0.29, 0.717) is 5.92 Å². The van der Waals surface area contributed by atoms with Gasteiger partial charge in [-0.2, -0.15) is 0 Å². The third-order valence-electron chi connectivity index (χ3n) is 2.64. The first kappa shape index (κ1) is 13.9. The molecule has 1 aromatic carbocycles. The molecule has 0 fully saturated rings. The number of nitrogens with zero attached hydrogens (tertiary/aromatic N) is 1. The SMILES string of the molecule is CCC(Sc1ccc(C(C)C)cc1)C(N)=NO. The maximum atomic E-state index is 8.68. The van der Waals surface area contributed by atoms with Crippen LogP contribution in [0.15, 0.2) is 34.3 Å². The number of amidine groups is 1. The summed E-state index contributed by atoms with van der Waals surface area (Å²) in [4.78, 5) is 1.15. The monoisotopic (exact) mass is 252 g/mol. The molecule has 0 spiro atoms. The van der Waals surface area contributed by atoms with Crippen LogP contribution in [0.25, 0.3) is 0 Å². The van der Waals surface area contributed by atoms with E-state index in [1.54, 1.807) is 11.8 Å². The Labute approximate surface area is 107 Å². The summed E-state index contributed by atoms with van der Waals surface area (Å²) in [5, 5.41) is 11.8. The molecule has 17 heavy (non-hydrogen) atoms. The van der Waals surface area contributed by atoms with Crippen molar-refractivity contribution >= 4 is 17.6 Å². The molecule has 0 bridgehead atoms. The van der Waals surface area contributed by atoms with Crippen molar-refractivity contribution in [3.05, 3.63) is 29.8 Å². The van der Waals surface area contributed by atoms with Crippen LogP contribution in [0.5, 0.6) is 0 Å². The van der Waals surface area contributed by atoms with Gasteiger partial charge in [-0.1, -0.05) is 38.1 Å². The van der Waals surface area contributed by atoms with Crippen LogP contribution in [0.4, 0.5) is 0 Å². The molecular formula is C13H20N2OS. The molecule has 0 aliphatic carbocycles. The molecule has 0 saturated carbocycles. The fourth-order valence-electron chi connectivity index (χ4n) is 1.51. The second kappa shape index (κ2) is 6.55. The van der Waals surface area contributed by atoms with Crippen molar-refractivity contribution in [1.82, 2.24) is 0 Å². The lowest BCUT2D eigenvalue weighted by Crippen LogP contribution is -2.25. The summed E-state index contributed by atoms with van der Waals surface area (Å²) in [5.41, 5.74) is 6.96. The van der Waals surface area contributed by atoms with Crippen molar-refractivity contribution in [3.8, 4) is 0 Å². The van der Waals surface area contributed by atoms with Gasteiger partial charge in [-0.05, 0) is 30.0 Å². The van der Waals surface area contributed by atoms with E-state index in [1.165, 1.54) is 5.56 Å². The Kier molecular flexibility index (Phi) is 5.35. The van der Waals surface area contributed by atoms with Gasteiger partial charge in [0.15, 0.2) is 5.84 Å². The molecule has 1 atom stereocenters. The second-order valence-electron chi connectivity index (χ2n) is 4.26. The van der Waals surface area contributed by atoms with Gasteiger partial charge in [0.25, 0.3) is 0 Å². The minimum atomic E-state index is 0.0323. The van der Waals surface area contributed by atoms with Gasteiger partial charge in [0.05, 0.1) is 5.25 Å². The molecular weight excluding hydrogens is 232 g/mol. The fourth-order valence-corrected chi connectivity index (χ4v) is 2.47. The van der Waals surface area contributed by atoms with E-state index in [0.717, 1.165) is 11.3 Å². The summed E-state index contributed by atoms with van der Waals surface area (Å²) >= 11 is 1.63. The van der Waals surface area contributed by atoms with Crippen molar-refractivity contribution in [2.24, 2.45) is 10.9 Å². The summed E-state index contributed by atoms with van der Waals surface area (Å²) in [7, 11) is 0. The van der Waals surface area contributed by atoms with E-state index in [1.807, 2.05) is 6.92 Å². The van der Waals surface area contributed by atoms with Crippen molar-refractivity contribution in [3.63, 3.8) is 0 Å². The molecule has 0 radical (unpaired) electrons. The first-order chi connectivity index (χ1) is 8.08. The van der Waals surface area contributed by atoms with Crippen molar-refractivity contribution in [2.75, 3.05) is 0 Å². The Morgan fingerprint density at radius 2 is 1.94 bits per heavy atom. The number of hydrogen-bond donors (Lipinski definition) is 2. The lowest BCUT2D eigenvalue weighted by atomic mass is 10.0. The van der Waals surface area contributed by atoms with Crippen LogP contribution in [0.2, 0.25) is 0 Å². The van der Waals surface area contributed by atoms with Gasteiger partial charge in [0, 0.05) is 4.90 Å². The fraction of sp³-hybridized carbons (Fsp3) is 0.462. The highest BCUT2D eigenvalue weighted by atomic mass is 32.2. The maximum absolute atomic E-state index is 8.68. The zero-order valence-electron chi connectivity index (χ0n) is 10.6. The van der Waals surface area contributed by atoms with Crippen LogP contribution >= 0.6 is 11.8 Å². The predicted octanol–water partition coefficient (Wildman–Crippen LogP) is 3.43.